The molecule has 0 heterocycles. The van der Waals surface area contributed by atoms with Crippen molar-refractivity contribution >= 4 is 15.9 Å². The smallest absolute Gasteiger partial charge is 0.251 e. The lowest BCUT2D eigenvalue weighted by molar-refractivity contribution is 0.0937. The van der Waals surface area contributed by atoms with Gasteiger partial charge in [0.25, 0.3) is 5.91 Å². The van der Waals surface area contributed by atoms with Crippen LogP contribution in [0, 0.1) is 0 Å². The van der Waals surface area contributed by atoms with Crippen molar-refractivity contribution in [1.29, 1.82) is 0 Å². The van der Waals surface area contributed by atoms with Crippen LogP contribution in [-0.4, -0.2) is 26.4 Å². The van der Waals surface area contributed by atoms with Crippen molar-refractivity contribution in [2.24, 2.45) is 0 Å². The van der Waals surface area contributed by atoms with E-state index in [0.29, 0.717) is 5.56 Å². The van der Waals surface area contributed by atoms with E-state index in [-0.39, 0.29) is 22.9 Å². The molecule has 2 N–H and O–H groups in total. The van der Waals surface area contributed by atoms with Crippen LogP contribution in [0.25, 0.3) is 0 Å². The predicted molar refractivity (Wildman–Crippen MR) is 98.0 cm³/mol. The molecule has 0 aromatic heterocycles. The lowest BCUT2D eigenvalue weighted by Crippen LogP contribution is -2.35. The number of carbonyl (C=O) groups excluding carboxylic acids is 1. The minimum absolute atomic E-state index is 0.00321. The number of benzene rings is 1. The summed E-state index contributed by atoms with van der Waals surface area (Å²) in [4.78, 5) is 12.6. The van der Waals surface area contributed by atoms with Crippen molar-refractivity contribution in [2.75, 3.05) is 0 Å². The van der Waals surface area contributed by atoms with Gasteiger partial charge in [0.1, 0.15) is 0 Å². The van der Waals surface area contributed by atoms with E-state index in [1.165, 1.54) is 18.9 Å². The second-order valence-electron chi connectivity index (χ2n) is 7.29. The average molecular weight is 365 g/mol. The summed E-state index contributed by atoms with van der Waals surface area (Å²) in [6, 6.07) is 6.59. The van der Waals surface area contributed by atoms with E-state index >= 15 is 0 Å². The van der Waals surface area contributed by atoms with Crippen LogP contribution in [0.15, 0.2) is 29.2 Å². The van der Waals surface area contributed by atoms with Crippen LogP contribution >= 0.6 is 0 Å². The molecule has 0 spiro atoms. The number of sulfonamides is 1. The van der Waals surface area contributed by atoms with E-state index in [0.717, 1.165) is 51.4 Å². The van der Waals surface area contributed by atoms with Gasteiger partial charge in [-0.25, -0.2) is 13.1 Å². The van der Waals surface area contributed by atoms with Crippen LogP contribution < -0.4 is 10.0 Å². The van der Waals surface area contributed by atoms with Gasteiger partial charge in [0, 0.05) is 17.6 Å². The summed E-state index contributed by atoms with van der Waals surface area (Å²) in [6.45, 7) is 0. The monoisotopic (exact) mass is 364 g/mol. The molecule has 0 radical (unpaired) electrons. The zero-order valence-corrected chi connectivity index (χ0v) is 15.5. The Morgan fingerprint density at radius 2 is 1.48 bits per heavy atom. The van der Waals surface area contributed by atoms with Gasteiger partial charge < -0.3 is 5.32 Å². The highest BCUT2D eigenvalue weighted by atomic mass is 32.2. The van der Waals surface area contributed by atoms with Crippen LogP contribution in [0.5, 0.6) is 0 Å². The Labute approximate surface area is 150 Å². The van der Waals surface area contributed by atoms with E-state index in [1.54, 1.807) is 18.2 Å². The van der Waals surface area contributed by atoms with Crippen molar-refractivity contribution in [1.82, 2.24) is 10.0 Å². The second kappa shape index (κ2) is 8.32. The molecule has 2 aliphatic rings. The maximum Gasteiger partial charge on any atom is 0.251 e. The van der Waals surface area contributed by atoms with Gasteiger partial charge in [-0.1, -0.05) is 44.6 Å². The van der Waals surface area contributed by atoms with E-state index in [4.69, 9.17) is 0 Å². The Morgan fingerprint density at radius 1 is 0.880 bits per heavy atom. The van der Waals surface area contributed by atoms with Gasteiger partial charge in [-0.05, 0) is 43.9 Å². The highest BCUT2D eigenvalue weighted by molar-refractivity contribution is 7.89. The Kier molecular flexibility index (Phi) is 6.12. The van der Waals surface area contributed by atoms with Gasteiger partial charge in [-0.2, -0.15) is 0 Å². The highest BCUT2D eigenvalue weighted by Crippen LogP contribution is 2.21. The highest BCUT2D eigenvalue weighted by Gasteiger charge is 2.23. The topological polar surface area (TPSA) is 75.3 Å². The van der Waals surface area contributed by atoms with Crippen LogP contribution in [0.1, 0.15) is 74.6 Å². The predicted octanol–water partition coefficient (Wildman–Crippen LogP) is 3.36. The average Bonchev–Trinajstić information content (AvgIpc) is 2.98. The number of carbonyl (C=O) groups is 1. The molecule has 0 unspecified atom stereocenters. The van der Waals surface area contributed by atoms with E-state index in [1.807, 2.05) is 0 Å². The van der Waals surface area contributed by atoms with Gasteiger partial charge in [0.15, 0.2) is 0 Å². The summed E-state index contributed by atoms with van der Waals surface area (Å²) >= 11 is 0. The first kappa shape index (κ1) is 18.4. The summed E-state index contributed by atoms with van der Waals surface area (Å²) in [5.74, 6) is -0.182. The third-order valence-corrected chi connectivity index (χ3v) is 6.79. The van der Waals surface area contributed by atoms with Crippen molar-refractivity contribution < 1.29 is 13.2 Å². The van der Waals surface area contributed by atoms with Crippen molar-refractivity contribution in [2.45, 2.75) is 81.2 Å². The third kappa shape index (κ3) is 5.05. The van der Waals surface area contributed by atoms with Crippen LogP contribution in [0.2, 0.25) is 0 Å². The lowest BCUT2D eigenvalue weighted by atomic mass is 10.1. The molecule has 6 heteroatoms. The number of rotatable bonds is 5. The molecule has 0 bridgehead atoms. The first-order valence-corrected chi connectivity index (χ1v) is 11.0. The van der Waals surface area contributed by atoms with Crippen molar-refractivity contribution in [3.8, 4) is 0 Å². The molecule has 5 nitrogen and oxygen atoms in total. The van der Waals surface area contributed by atoms with Crippen LogP contribution in [0.4, 0.5) is 0 Å². The van der Waals surface area contributed by atoms with Crippen molar-refractivity contribution in [3.63, 3.8) is 0 Å². The van der Waals surface area contributed by atoms with E-state index in [2.05, 4.69) is 10.0 Å². The molecule has 0 saturated heterocycles. The molecule has 1 aromatic rings. The molecule has 1 aromatic carbocycles. The lowest BCUT2D eigenvalue weighted by Gasteiger charge is -2.17. The molecular weight excluding hydrogens is 336 g/mol. The molecule has 138 valence electrons. The van der Waals surface area contributed by atoms with Gasteiger partial charge in [-0.3, -0.25) is 4.79 Å². The zero-order chi connectivity index (χ0) is 17.7. The van der Waals surface area contributed by atoms with Gasteiger partial charge in [0.05, 0.1) is 4.90 Å². The number of nitrogens with one attached hydrogen (secondary N) is 2. The fourth-order valence-corrected chi connectivity index (χ4v) is 5.18. The number of amides is 1. The normalized spacial score (nSPS) is 20.3. The second-order valence-corrected chi connectivity index (χ2v) is 9.01. The Hall–Kier alpha value is -1.40. The zero-order valence-electron chi connectivity index (χ0n) is 14.7. The van der Waals surface area contributed by atoms with Gasteiger partial charge >= 0.3 is 0 Å². The molecule has 1 amide bonds. The molecular formula is C19H28N2O3S. The quantitative estimate of drug-likeness (QED) is 0.787. The summed E-state index contributed by atoms with van der Waals surface area (Å²) in [7, 11) is -3.59. The standard InChI is InChI=1S/C19H28N2O3S/c22-19(20-16-9-5-6-10-16)15-8-7-13-18(14-15)25(23,24)21-17-11-3-1-2-4-12-17/h7-8,13-14,16-17,21H,1-6,9-12H2,(H,20,22). The molecule has 2 aliphatic carbocycles. The molecule has 2 saturated carbocycles. The Balaban J connectivity index is 1.69. The summed E-state index contributed by atoms with van der Waals surface area (Å²) < 4.78 is 28.2. The maximum absolute atomic E-state index is 12.7. The molecule has 0 atom stereocenters. The number of hydrogen-bond donors (Lipinski definition) is 2. The third-order valence-electron chi connectivity index (χ3n) is 5.27. The summed E-state index contributed by atoms with van der Waals surface area (Å²) in [6.07, 6.45) is 10.6. The maximum atomic E-state index is 12.7. The molecule has 3 rings (SSSR count). The fraction of sp³-hybridized carbons (Fsp3) is 0.632. The van der Waals surface area contributed by atoms with Crippen LogP contribution in [0.3, 0.4) is 0 Å². The van der Waals surface area contributed by atoms with Crippen LogP contribution in [-0.2, 0) is 10.0 Å². The Bertz CT molecular complexity index is 688. The van der Waals surface area contributed by atoms with E-state index < -0.39 is 10.0 Å². The SMILES string of the molecule is O=C(NC1CCCC1)c1cccc(S(=O)(=O)NC2CCCCCC2)c1. The van der Waals surface area contributed by atoms with Crippen molar-refractivity contribution in [3.05, 3.63) is 29.8 Å². The minimum Gasteiger partial charge on any atom is -0.349 e. The van der Waals surface area contributed by atoms with E-state index in [9.17, 15) is 13.2 Å². The van der Waals surface area contributed by atoms with Gasteiger partial charge in [0.2, 0.25) is 10.0 Å². The molecule has 2 fully saturated rings. The van der Waals surface area contributed by atoms with Gasteiger partial charge in [-0.15, -0.1) is 0 Å². The minimum atomic E-state index is -3.59. The first-order valence-electron chi connectivity index (χ1n) is 9.48. The fourth-order valence-electron chi connectivity index (χ4n) is 3.83. The number of hydrogen-bond acceptors (Lipinski definition) is 3. The first-order chi connectivity index (χ1) is 12.0. The largest absolute Gasteiger partial charge is 0.349 e. The molecule has 25 heavy (non-hydrogen) atoms. The molecule has 0 aliphatic heterocycles. The Morgan fingerprint density at radius 3 is 2.16 bits per heavy atom. The summed E-state index contributed by atoms with van der Waals surface area (Å²) in [5.41, 5.74) is 0.413. The summed E-state index contributed by atoms with van der Waals surface area (Å²) in [5, 5.41) is 3.01.